The van der Waals surface area contributed by atoms with Crippen LogP contribution in [0.15, 0.2) is 95.9 Å². The Balaban J connectivity index is 1.10. The summed E-state index contributed by atoms with van der Waals surface area (Å²) < 4.78 is 28.3. The van der Waals surface area contributed by atoms with E-state index in [9.17, 15) is 13.2 Å². The lowest BCUT2D eigenvalue weighted by atomic mass is 9.68. The summed E-state index contributed by atoms with van der Waals surface area (Å²) in [5.41, 5.74) is 4.99. The number of carbonyl (C=O) groups excluding carboxylic acids is 1. The fraction of sp³-hybridized carbons (Fsp3) is 0.242. The molecule has 7 rings (SSSR count). The highest BCUT2D eigenvalue weighted by Crippen LogP contribution is 2.63. The Morgan fingerprint density at radius 3 is 2.38 bits per heavy atom. The van der Waals surface area contributed by atoms with E-state index in [1.165, 1.54) is 54.7 Å². The molecule has 42 heavy (non-hydrogen) atoms. The largest absolute Gasteiger partial charge is 0.378 e. The Labute approximate surface area is 255 Å². The lowest BCUT2D eigenvalue weighted by Crippen LogP contribution is -2.35. The Hall–Kier alpha value is -3.52. The second-order valence-corrected chi connectivity index (χ2v) is 14.0. The molecule has 9 heteroatoms. The predicted octanol–water partition coefficient (Wildman–Crippen LogP) is 8.34. The lowest BCUT2D eigenvalue weighted by Gasteiger charge is -2.43. The monoisotopic (exact) mass is 617 g/mol. The van der Waals surface area contributed by atoms with Gasteiger partial charge in [-0.1, -0.05) is 53.5 Å². The third-order valence-corrected chi connectivity index (χ3v) is 11.0. The predicted molar refractivity (Wildman–Crippen MR) is 168 cm³/mol. The van der Waals surface area contributed by atoms with Crippen molar-refractivity contribution in [3.8, 4) is 0 Å². The van der Waals surface area contributed by atoms with Gasteiger partial charge in [-0.25, -0.2) is 8.42 Å². The van der Waals surface area contributed by atoms with Crippen LogP contribution in [0.4, 0.5) is 17.1 Å². The highest BCUT2D eigenvalue weighted by atomic mass is 35.5. The zero-order valence-electron chi connectivity index (χ0n) is 22.6. The molecule has 0 saturated heterocycles. The van der Waals surface area contributed by atoms with Gasteiger partial charge in [-0.2, -0.15) is 0 Å². The maximum Gasteiger partial charge on any atom is 0.261 e. The minimum absolute atomic E-state index is 0.0432. The summed E-state index contributed by atoms with van der Waals surface area (Å²) in [7, 11) is -3.89. The molecule has 3 aliphatic rings. The van der Waals surface area contributed by atoms with Crippen LogP contribution in [0, 0.1) is 17.8 Å². The average molecular weight is 619 g/mol. The number of halogens is 2. The van der Waals surface area contributed by atoms with E-state index in [-0.39, 0.29) is 27.6 Å². The fourth-order valence-electron chi connectivity index (χ4n) is 7.31. The summed E-state index contributed by atoms with van der Waals surface area (Å²) in [4.78, 5) is 13.4. The summed E-state index contributed by atoms with van der Waals surface area (Å²) in [6, 6.07) is 27.5. The molecule has 2 fully saturated rings. The Bertz CT molecular complexity index is 1780. The van der Waals surface area contributed by atoms with Crippen LogP contribution in [-0.4, -0.2) is 14.3 Å². The van der Waals surface area contributed by atoms with E-state index in [4.69, 9.17) is 23.2 Å². The second kappa shape index (κ2) is 10.6. The van der Waals surface area contributed by atoms with Crippen LogP contribution in [-0.2, 0) is 10.0 Å². The molecule has 1 amide bonds. The van der Waals surface area contributed by atoms with Crippen molar-refractivity contribution in [2.24, 2.45) is 17.8 Å². The quantitative estimate of drug-likeness (QED) is 0.203. The van der Waals surface area contributed by atoms with Crippen molar-refractivity contribution >= 4 is 56.2 Å². The molecule has 2 bridgehead atoms. The summed E-state index contributed by atoms with van der Waals surface area (Å²) >= 11 is 12.0. The summed E-state index contributed by atoms with van der Waals surface area (Å²) in [6.07, 6.45) is 3.78. The minimum Gasteiger partial charge on any atom is -0.378 e. The molecule has 4 aromatic carbocycles. The smallest absolute Gasteiger partial charge is 0.261 e. The van der Waals surface area contributed by atoms with Gasteiger partial charge in [0.25, 0.3) is 15.9 Å². The van der Waals surface area contributed by atoms with Crippen molar-refractivity contribution in [2.45, 2.75) is 36.1 Å². The molecule has 0 unspecified atom stereocenters. The number of hydrogen-bond acceptors (Lipinski definition) is 4. The Kier molecular flexibility index (Phi) is 6.92. The highest BCUT2D eigenvalue weighted by molar-refractivity contribution is 7.92. The molecular formula is C33H29Cl2N3O3S. The number of fused-ring (bicyclic) bond motifs is 7. The van der Waals surface area contributed by atoms with Crippen molar-refractivity contribution in [1.82, 2.24) is 0 Å². The van der Waals surface area contributed by atoms with Crippen LogP contribution >= 0.6 is 23.2 Å². The zero-order chi connectivity index (χ0) is 29.0. The van der Waals surface area contributed by atoms with Crippen LogP contribution in [0.25, 0.3) is 0 Å². The fourth-order valence-corrected chi connectivity index (χ4v) is 8.91. The van der Waals surface area contributed by atoms with E-state index in [1.807, 2.05) is 12.1 Å². The molecule has 5 atom stereocenters. The van der Waals surface area contributed by atoms with Crippen molar-refractivity contribution in [2.75, 3.05) is 15.4 Å². The Morgan fingerprint density at radius 2 is 1.62 bits per heavy atom. The molecule has 2 saturated carbocycles. The van der Waals surface area contributed by atoms with Crippen molar-refractivity contribution in [3.63, 3.8) is 0 Å². The third kappa shape index (κ3) is 4.93. The summed E-state index contributed by atoms with van der Waals surface area (Å²) in [5.74, 6) is 2.07. The van der Waals surface area contributed by atoms with Crippen LogP contribution in [0.2, 0.25) is 10.0 Å². The molecule has 1 aliphatic heterocycles. The van der Waals surface area contributed by atoms with Gasteiger partial charge in [-0.15, -0.1) is 0 Å². The maximum absolute atomic E-state index is 13.3. The van der Waals surface area contributed by atoms with E-state index in [1.54, 1.807) is 18.2 Å². The van der Waals surface area contributed by atoms with Gasteiger partial charge in [0.2, 0.25) is 0 Å². The Morgan fingerprint density at radius 1 is 0.857 bits per heavy atom. The van der Waals surface area contributed by atoms with Gasteiger partial charge in [0, 0.05) is 22.0 Å². The number of carbonyl (C=O) groups is 1. The first-order chi connectivity index (χ1) is 20.3. The normalized spacial score (nSPS) is 23.9. The van der Waals surface area contributed by atoms with Crippen molar-refractivity contribution in [3.05, 3.63) is 118 Å². The van der Waals surface area contributed by atoms with Gasteiger partial charge in [-0.05, 0) is 115 Å². The van der Waals surface area contributed by atoms with Gasteiger partial charge in [0.05, 0.1) is 21.6 Å². The van der Waals surface area contributed by atoms with Crippen LogP contribution < -0.4 is 15.4 Å². The zero-order valence-corrected chi connectivity index (χ0v) is 24.9. The van der Waals surface area contributed by atoms with E-state index in [2.05, 4.69) is 51.8 Å². The van der Waals surface area contributed by atoms with Crippen LogP contribution in [0.5, 0.6) is 0 Å². The molecule has 6 nitrogen and oxygen atoms in total. The topological polar surface area (TPSA) is 87.3 Å². The first kappa shape index (κ1) is 27.3. The standard InChI is InChI=1S/C33H29Cl2N3O3S/c34-23-9-15-29(27(35)18-23)38-42(40,41)25-12-10-24(11-13-25)36-33(39)22-8-14-28-26(17-22)30-20-6-7-21(16-20)31(30)32(37-28)19-4-2-1-3-5-19/h1-5,8-15,17-18,20-21,30-32,37-38H,6-7,16H2,(H,36,39)/t20-,21-,30-,31+,32+/m0/s1. The molecule has 3 N–H and O–H groups in total. The van der Waals surface area contributed by atoms with Crippen LogP contribution in [0.3, 0.4) is 0 Å². The molecule has 4 aromatic rings. The highest BCUT2D eigenvalue weighted by Gasteiger charge is 2.53. The number of anilines is 3. The van der Waals surface area contributed by atoms with E-state index in [0.29, 0.717) is 39.9 Å². The van der Waals surface area contributed by atoms with E-state index in [0.717, 1.165) is 5.69 Å². The van der Waals surface area contributed by atoms with Crippen LogP contribution in [0.1, 0.15) is 52.7 Å². The van der Waals surface area contributed by atoms with Gasteiger partial charge in [0.15, 0.2) is 0 Å². The van der Waals surface area contributed by atoms with Crippen molar-refractivity contribution in [1.29, 1.82) is 0 Å². The summed E-state index contributed by atoms with van der Waals surface area (Å²) in [6.45, 7) is 0. The molecular weight excluding hydrogens is 589 g/mol. The molecule has 1 heterocycles. The number of nitrogens with one attached hydrogen (secondary N) is 3. The molecule has 0 spiro atoms. The minimum atomic E-state index is -3.89. The molecule has 214 valence electrons. The number of benzene rings is 4. The van der Waals surface area contributed by atoms with E-state index >= 15 is 0 Å². The molecule has 0 radical (unpaired) electrons. The SMILES string of the molecule is O=C(Nc1ccc(S(=O)(=O)Nc2ccc(Cl)cc2Cl)cc1)c1ccc2c(c1)[C@@H]1[C@H]3CC[C@@H](C3)[C@H]1[C@@H](c1ccccc1)N2. The first-order valence-corrected chi connectivity index (χ1v) is 16.4. The van der Waals surface area contributed by atoms with Gasteiger partial charge >= 0.3 is 0 Å². The van der Waals surface area contributed by atoms with Crippen molar-refractivity contribution < 1.29 is 13.2 Å². The average Bonchev–Trinajstić information content (AvgIpc) is 3.62. The second-order valence-electron chi connectivity index (χ2n) is 11.5. The number of hydrogen-bond donors (Lipinski definition) is 3. The first-order valence-electron chi connectivity index (χ1n) is 14.1. The number of rotatable bonds is 6. The molecule has 0 aromatic heterocycles. The number of sulfonamides is 1. The summed E-state index contributed by atoms with van der Waals surface area (Å²) in [5, 5.41) is 7.35. The lowest BCUT2D eigenvalue weighted by molar-refractivity contribution is 0.102. The molecule has 2 aliphatic carbocycles. The van der Waals surface area contributed by atoms with E-state index < -0.39 is 10.0 Å². The van der Waals surface area contributed by atoms with Gasteiger partial charge in [0.1, 0.15) is 0 Å². The van der Waals surface area contributed by atoms with Gasteiger partial charge < -0.3 is 10.6 Å². The maximum atomic E-state index is 13.3. The number of amides is 1. The van der Waals surface area contributed by atoms with Gasteiger partial charge in [-0.3, -0.25) is 9.52 Å². The third-order valence-electron chi connectivity index (χ3n) is 9.11.